The van der Waals surface area contributed by atoms with Crippen molar-refractivity contribution >= 4 is 41.0 Å². The smallest absolute Gasteiger partial charge is 0.435 e. The molecule has 0 aliphatic carbocycles. The molecule has 0 unspecified atom stereocenters. The number of amidine groups is 1. The zero-order chi connectivity index (χ0) is 33.9. The maximum Gasteiger partial charge on any atom is 0.435 e. The number of nitrogens with zero attached hydrogens (tertiary/aromatic N) is 2. The van der Waals surface area contributed by atoms with Crippen LogP contribution in [0.4, 0.5) is 4.79 Å². The first-order valence-electron chi connectivity index (χ1n) is 15.6. The standard InChI is InChI=1S/C36H37N5O6S/c37-33(40-36(46)47-23-24-11-4-1-5-12-24)29-19-18-27(48-29)21-39-34(44)28-17-10-20-41(28)35(45)32(38-22-30(42)43)31(25-13-6-2-7-14-25)26-15-8-3-9-16-26/h1-9,11-16,18-19,28,31-32,38H,10,17,20-23H2,(H,39,44)(H,42,43)(H2,37,40,46)/t28-,32+/m0/s1. The van der Waals surface area contributed by atoms with Crippen LogP contribution in [0.3, 0.4) is 0 Å². The third-order valence-electron chi connectivity index (χ3n) is 8.00. The number of amides is 3. The summed E-state index contributed by atoms with van der Waals surface area (Å²) in [6.07, 6.45) is 0.307. The zero-order valence-corrected chi connectivity index (χ0v) is 27.0. The van der Waals surface area contributed by atoms with Gasteiger partial charge in [0, 0.05) is 17.3 Å². The lowest BCUT2D eigenvalue weighted by atomic mass is 9.84. The molecule has 5 N–H and O–H groups in total. The van der Waals surface area contributed by atoms with E-state index in [0.29, 0.717) is 24.3 Å². The molecule has 11 nitrogen and oxygen atoms in total. The highest BCUT2D eigenvalue weighted by atomic mass is 32.1. The molecule has 1 saturated heterocycles. The van der Waals surface area contributed by atoms with E-state index in [1.807, 2.05) is 91.0 Å². The maximum absolute atomic E-state index is 14.3. The van der Waals surface area contributed by atoms with Crippen LogP contribution in [-0.2, 0) is 32.3 Å². The third-order valence-corrected chi connectivity index (χ3v) is 9.10. The third kappa shape index (κ3) is 8.93. The topological polar surface area (TPSA) is 163 Å². The second kappa shape index (κ2) is 16.5. The summed E-state index contributed by atoms with van der Waals surface area (Å²) < 4.78 is 5.18. The highest BCUT2D eigenvalue weighted by Gasteiger charge is 2.40. The number of benzene rings is 3. The second-order valence-electron chi connectivity index (χ2n) is 11.3. The van der Waals surface area contributed by atoms with Crippen LogP contribution < -0.4 is 16.4 Å². The Morgan fingerprint density at radius 2 is 1.54 bits per heavy atom. The van der Waals surface area contributed by atoms with Crippen molar-refractivity contribution in [2.24, 2.45) is 10.7 Å². The summed E-state index contributed by atoms with van der Waals surface area (Å²) in [5.41, 5.74) is 8.58. The van der Waals surface area contributed by atoms with Gasteiger partial charge in [-0.05, 0) is 41.7 Å². The fourth-order valence-electron chi connectivity index (χ4n) is 5.73. The first-order valence-corrected chi connectivity index (χ1v) is 16.4. The van der Waals surface area contributed by atoms with E-state index in [-0.39, 0.29) is 30.8 Å². The molecule has 5 rings (SSSR count). The summed E-state index contributed by atoms with van der Waals surface area (Å²) in [4.78, 5) is 58.3. The summed E-state index contributed by atoms with van der Waals surface area (Å²) in [5, 5.41) is 15.4. The number of carboxylic acid groups (broad SMARTS) is 1. The van der Waals surface area contributed by atoms with Crippen molar-refractivity contribution < 1.29 is 29.0 Å². The first-order chi connectivity index (χ1) is 23.3. The highest BCUT2D eigenvalue weighted by molar-refractivity contribution is 7.14. The number of aliphatic imine (C=N–C) groups is 1. The van der Waals surface area contributed by atoms with E-state index in [0.717, 1.165) is 21.6 Å². The van der Waals surface area contributed by atoms with Crippen LogP contribution in [0, 0.1) is 0 Å². The molecule has 2 atom stereocenters. The number of likely N-dealkylation sites (tertiary alicyclic amines) is 1. The molecule has 0 saturated carbocycles. The molecule has 248 valence electrons. The Morgan fingerprint density at radius 3 is 2.17 bits per heavy atom. The van der Waals surface area contributed by atoms with Crippen molar-refractivity contribution in [3.05, 3.63) is 130 Å². The molecule has 0 radical (unpaired) electrons. The minimum Gasteiger partial charge on any atom is -0.480 e. The molecule has 0 spiro atoms. The van der Waals surface area contributed by atoms with Crippen LogP contribution in [-0.4, -0.2) is 64.9 Å². The van der Waals surface area contributed by atoms with Gasteiger partial charge in [0.15, 0.2) is 0 Å². The lowest BCUT2D eigenvalue weighted by Gasteiger charge is -2.33. The van der Waals surface area contributed by atoms with E-state index in [9.17, 15) is 24.3 Å². The van der Waals surface area contributed by atoms with E-state index in [4.69, 9.17) is 10.5 Å². The van der Waals surface area contributed by atoms with E-state index in [1.165, 1.54) is 11.3 Å². The number of aliphatic carboxylic acids is 1. The average Bonchev–Trinajstić information content (AvgIpc) is 3.80. The van der Waals surface area contributed by atoms with Crippen molar-refractivity contribution in [1.29, 1.82) is 0 Å². The summed E-state index contributed by atoms with van der Waals surface area (Å²) in [7, 11) is 0. The van der Waals surface area contributed by atoms with Gasteiger partial charge in [-0.1, -0.05) is 91.0 Å². The van der Waals surface area contributed by atoms with Crippen LogP contribution in [0.25, 0.3) is 0 Å². The molecule has 4 aromatic rings. The Bertz CT molecular complexity index is 1690. The molecule has 1 aliphatic rings. The number of thiophene rings is 1. The number of rotatable bonds is 13. The zero-order valence-electron chi connectivity index (χ0n) is 26.2. The Kier molecular flexibility index (Phi) is 11.7. The van der Waals surface area contributed by atoms with Crippen LogP contribution >= 0.6 is 11.3 Å². The number of ether oxygens (including phenoxy) is 1. The first kappa shape index (κ1) is 34.0. The van der Waals surface area contributed by atoms with Gasteiger partial charge in [-0.3, -0.25) is 19.7 Å². The number of hydrogen-bond donors (Lipinski definition) is 4. The Morgan fingerprint density at radius 1 is 0.917 bits per heavy atom. The average molecular weight is 668 g/mol. The Hall–Kier alpha value is -5.33. The molecule has 1 aliphatic heterocycles. The predicted octanol–water partition coefficient (Wildman–Crippen LogP) is 4.27. The van der Waals surface area contributed by atoms with Gasteiger partial charge >= 0.3 is 12.1 Å². The molecule has 12 heteroatoms. The van der Waals surface area contributed by atoms with Crippen molar-refractivity contribution in [3.63, 3.8) is 0 Å². The molecule has 0 bridgehead atoms. The van der Waals surface area contributed by atoms with E-state index in [1.54, 1.807) is 17.0 Å². The second-order valence-corrected chi connectivity index (χ2v) is 12.4. The monoisotopic (exact) mass is 667 g/mol. The summed E-state index contributed by atoms with van der Waals surface area (Å²) in [6.45, 7) is 0.212. The fourth-order valence-corrected chi connectivity index (χ4v) is 6.58. The largest absolute Gasteiger partial charge is 0.480 e. The minimum absolute atomic E-state index is 0.00879. The van der Waals surface area contributed by atoms with Gasteiger partial charge in [0.2, 0.25) is 11.8 Å². The van der Waals surface area contributed by atoms with E-state index < -0.39 is 36.6 Å². The summed E-state index contributed by atoms with van der Waals surface area (Å²) in [5.74, 6) is -2.22. The van der Waals surface area contributed by atoms with Crippen molar-refractivity contribution in [2.45, 2.75) is 44.0 Å². The predicted molar refractivity (Wildman–Crippen MR) is 182 cm³/mol. The lowest BCUT2D eigenvalue weighted by Crippen LogP contribution is -2.55. The SMILES string of the molecule is N/C(=N\C(=O)OCc1ccccc1)c1ccc(CNC(=O)[C@@H]2CCCN2C(=O)[C@H](NCC(=O)O)C(c2ccccc2)c2ccccc2)s1. The number of nitrogens with one attached hydrogen (secondary N) is 2. The van der Waals surface area contributed by atoms with Gasteiger partial charge in [-0.2, -0.15) is 4.99 Å². The van der Waals surface area contributed by atoms with Gasteiger partial charge in [0.25, 0.3) is 0 Å². The van der Waals surface area contributed by atoms with Crippen molar-refractivity contribution in [2.75, 3.05) is 13.1 Å². The van der Waals surface area contributed by atoms with Gasteiger partial charge in [0.1, 0.15) is 18.5 Å². The molecule has 48 heavy (non-hydrogen) atoms. The van der Waals surface area contributed by atoms with Crippen LogP contribution in [0.2, 0.25) is 0 Å². The van der Waals surface area contributed by atoms with E-state index in [2.05, 4.69) is 15.6 Å². The molecule has 3 amide bonds. The molecule has 3 aromatic carbocycles. The quantitative estimate of drug-likeness (QED) is 0.121. The van der Waals surface area contributed by atoms with Crippen LogP contribution in [0.5, 0.6) is 0 Å². The minimum atomic E-state index is -1.09. The Labute approximate surface area is 282 Å². The number of carbonyl (C=O) groups excluding carboxylic acids is 3. The Balaban J connectivity index is 1.25. The van der Waals surface area contributed by atoms with Gasteiger partial charge < -0.3 is 25.8 Å². The van der Waals surface area contributed by atoms with Gasteiger partial charge in [-0.25, -0.2) is 4.79 Å². The number of carbonyl (C=O) groups is 4. The van der Waals surface area contributed by atoms with Crippen LogP contribution in [0.15, 0.2) is 108 Å². The molecule has 2 heterocycles. The number of hydrogen-bond acceptors (Lipinski definition) is 7. The molecular formula is C36H37N5O6S. The molecular weight excluding hydrogens is 630 g/mol. The number of nitrogens with two attached hydrogens (primary N) is 1. The van der Waals surface area contributed by atoms with Gasteiger partial charge in [-0.15, -0.1) is 11.3 Å². The molecule has 1 aromatic heterocycles. The van der Waals surface area contributed by atoms with Gasteiger partial charge in [0.05, 0.1) is 24.0 Å². The summed E-state index contributed by atoms with van der Waals surface area (Å²) in [6, 6.07) is 30.0. The summed E-state index contributed by atoms with van der Waals surface area (Å²) >= 11 is 1.28. The maximum atomic E-state index is 14.3. The normalized spacial score (nSPS) is 15.2. The number of carboxylic acids is 1. The van der Waals surface area contributed by atoms with E-state index >= 15 is 0 Å². The van der Waals surface area contributed by atoms with Crippen LogP contribution in [0.1, 0.15) is 45.2 Å². The molecule has 1 fully saturated rings. The lowest BCUT2D eigenvalue weighted by molar-refractivity contribution is -0.141. The fraction of sp³-hybridized carbons (Fsp3) is 0.250. The van der Waals surface area contributed by atoms with Crippen molar-refractivity contribution in [1.82, 2.24) is 15.5 Å². The van der Waals surface area contributed by atoms with Crippen molar-refractivity contribution in [3.8, 4) is 0 Å². The highest BCUT2D eigenvalue weighted by Crippen LogP contribution is 2.31.